The highest BCUT2D eigenvalue weighted by molar-refractivity contribution is 6.36. The molecular formula is C10H7Cl2N3. The molecule has 76 valence electrons. The van der Waals surface area contributed by atoms with E-state index in [9.17, 15) is 0 Å². The van der Waals surface area contributed by atoms with Crippen molar-refractivity contribution in [2.24, 2.45) is 0 Å². The number of anilines is 1. The van der Waals surface area contributed by atoms with Crippen molar-refractivity contribution in [3.63, 3.8) is 0 Å². The van der Waals surface area contributed by atoms with Crippen LogP contribution in [-0.2, 0) is 6.54 Å². The monoisotopic (exact) mass is 239 g/mol. The molecule has 0 saturated heterocycles. The zero-order valence-electron chi connectivity index (χ0n) is 7.67. The first-order valence-corrected chi connectivity index (χ1v) is 5.26. The summed E-state index contributed by atoms with van der Waals surface area (Å²) in [6, 6.07) is 3.60. The fourth-order valence-corrected chi connectivity index (χ4v) is 2.37. The van der Waals surface area contributed by atoms with Gasteiger partial charge in [-0.1, -0.05) is 23.2 Å². The molecule has 0 fully saturated rings. The van der Waals surface area contributed by atoms with E-state index in [1.54, 1.807) is 12.4 Å². The van der Waals surface area contributed by atoms with Crippen molar-refractivity contribution in [3.05, 3.63) is 40.4 Å². The lowest BCUT2D eigenvalue weighted by atomic mass is 10.2. The van der Waals surface area contributed by atoms with Crippen molar-refractivity contribution in [2.45, 2.75) is 6.54 Å². The van der Waals surface area contributed by atoms with Crippen LogP contribution in [0.1, 0.15) is 5.69 Å². The molecule has 0 atom stereocenters. The highest BCUT2D eigenvalue weighted by atomic mass is 35.5. The van der Waals surface area contributed by atoms with Gasteiger partial charge in [0.15, 0.2) is 0 Å². The van der Waals surface area contributed by atoms with Gasteiger partial charge in [-0.05, 0) is 12.1 Å². The second-order valence-corrected chi connectivity index (χ2v) is 4.24. The molecule has 0 bridgehead atoms. The molecule has 2 aromatic rings. The quantitative estimate of drug-likeness (QED) is 0.766. The van der Waals surface area contributed by atoms with Crippen LogP contribution in [0.4, 0.5) is 5.69 Å². The standard InChI is InChI=1S/C10H7Cl2N3/c11-6-1-8(12)10-9(2-6)14-4-7-3-13-5-15(7)10/h1-3,5,14H,4H2. The summed E-state index contributed by atoms with van der Waals surface area (Å²) in [7, 11) is 0. The number of nitrogens with one attached hydrogen (secondary N) is 1. The van der Waals surface area contributed by atoms with Crippen LogP contribution in [0.5, 0.6) is 0 Å². The van der Waals surface area contributed by atoms with Gasteiger partial charge in [0.05, 0.1) is 41.2 Å². The van der Waals surface area contributed by atoms with Crippen molar-refractivity contribution in [2.75, 3.05) is 5.32 Å². The van der Waals surface area contributed by atoms with Gasteiger partial charge in [-0.15, -0.1) is 0 Å². The molecule has 1 aliphatic rings. The Balaban J connectivity index is 2.32. The Bertz CT molecular complexity index is 533. The zero-order chi connectivity index (χ0) is 10.4. The molecule has 1 N–H and O–H groups in total. The van der Waals surface area contributed by atoms with Gasteiger partial charge in [0.2, 0.25) is 0 Å². The summed E-state index contributed by atoms with van der Waals surface area (Å²) in [6.07, 6.45) is 3.58. The highest BCUT2D eigenvalue weighted by Gasteiger charge is 2.18. The molecule has 0 radical (unpaired) electrons. The summed E-state index contributed by atoms with van der Waals surface area (Å²) in [6.45, 7) is 0.740. The number of fused-ring (bicyclic) bond motifs is 3. The van der Waals surface area contributed by atoms with Gasteiger partial charge >= 0.3 is 0 Å². The van der Waals surface area contributed by atoms with E-state index < -0.39 is 0 Å². The molecule has 5 heteroatoms. The highest BCUT2D eigenvalue weighted by Crippen LogP contribution is 2.35. The largest absolute Gasteiger partial charge is 0.378 e. The maximum atomic E-state index is 6.16. The van der Waals surface area contributed by atoms with Crippen LogP contribution in [0, 0.1) is 0 Å². The maximum Gasteiger partial charge on any atom is 0.0995 e. The summed E-state index contributed by atoms with van der Waals surface area (Å²) in [4.78, 5) is 4.10. The Morgan fingerprint density at radius 1 is 1.33 bits per heavy atom. The number of halogens is 2. The van der Waals surface area contributed by atoms with Crippen molar-refractivity contribution < 1.29 is 0 Å². The minimum Gasteiger partial charge on any atom is -0.378 e. The molecule has 15 heavy (non-hydrogen) atoms. The molecular weight excluding hydrogens is 233 g/mol. The van der Waals surface area contributed by atoms with Crippen LogP contribution in [0.2, 0.25) is 10.0 Å². The normalized spacial score (nSPS) is 12.9. The second-order valence-electron chi connectivity index (χ2n) is 3.39. The topological polar surface area (TPSA) is 29.9 Å². The molecule has 0 saturated carbocycles. The Kier molecular flexibility index (Phi) is 1.90. The SMILES string of the molecule is Clc1cc(Cl)c2c(c1)NCc1cncn1-2. The maximum absolute atomic E-state index is 6.16. The summed E-state index contributed by atoms with van der Waals surface area (Å²) in [5.41, 5.74) is 2.95. The molecule has 0 aliphatic carbocycles. The first-order chi connectivity index (χ1) is 7.25. The van der Waals surface area contributed by atoms with E-state index in [0.29, 0.717) is 10.0 Å². The van der Waals surface area contributed by atoms with Crippen LogP contribution < -0.4 is 5.32 Å². The third-order valence-electron chi connectivity index (χ3n) is 2.44. The van der Waals surface area contributed by atoms with Gasteiger partial charge in [0.1, 0.15) is 0 Å². The smallest absolute Gasteiger partial charge is 0.0995 e. The van der Waals surface area contributed by atoms with Gasteiger partial charge in [-0.3, -0.25) is 4.57 Å². The third kappa shape index (κ3) is 1.31. The number of imidazole rings is 1. The first-order valence-electron chi connectivity index (χ1n) is 4.50. The lowest BCUT2D eigenvalue weighted by Crippen LogP contribution is -2.14. The van der Waals surface area contributed by atoms with Crippen LogP contribution in [0.3, 0.4) is 0 Å². The molecule has 3 rings (SSSR count). The predicted molar refractivity (Wildman–Crippen MR) is 60.9 cm³/mol. The van der Waals surface area contributed by atoms with Crippen molar-refractivity contribution >= 4 is 28.9 Å². The Hall–Kier alpha value is -1.19. The molecule has 1 aliphatic heterocycles. The van der Waals surface area contributed by atoms with E-state index >= 15 is 0 Å². The minimum atomic E-state index is 0.629. The van der Waals surface area contributed by atoms with Gasteiger partial charge in [0, 0.05) is 5.02 Å². The number of hydrogen-bond donors (Lipinski definition) is 1. The molecule has 1 aromatic carbocycles. The number of rotatable bonds is 0. The van der Waals surface area contributed by atoms with Gasteiger partial charge in [0.25, 0.3) is 0 Å². The van der Waals surface area contributed by atoms with E-state index in [0.717, 1.165) is 23.6 Å². The van der Waals surface area contributed by atoms with Crippen LogP contribution in [0.25, 0.3) is 5.69 Å². The van der Waals surface area contributed by atoms with Crippen molar-refractivity contribution in [1.29, 1.82) is 0 Å². The lowest BCUT2D eigenvalue weighted by Gasteiger charge is -2.21. The molecule has 0 amide bonds. The van der Waals surface area contributed by atoms with E-state index in [2.05, 4.69) is 10.3 Å². The van der Waals surface area contributed by atoms with Crippen LogP contribution in [-0.4, -0.2) is 9.55 Å². The fraction of sp³-hybridized carbons (Fsp3) is 0.100. The zero-order valence-corrected chi connectivity index (χ0v) is 9.18. The summed E-state index contributed by atoms with van der Waals surface area (Å²) in [5, 5.41) is 4.52. The first kappa shape index (κ1) is 9.07. The Morgan fingerprint density at radius 2 is 2.20 bits per heavy atom. The lowest BCUT2D eigenvalue weighted by molar-refractivity contribution is 0.906. The molecule has 0 unspecified atom stereocenters. The third-order valence-corrected chi connectivity index (χ3v) is 2.95. The summed E-state index contributed by atoms with van der Waals surface area (Å²) in [5.74, 6) is 0. The predicted octanol–water partition coefficient (Wildman–Crippen LogP) is 3.10. The van der Waals surface area contributed by atoms with E-state index in [1.807, 2.05) is 16.8 Å². The van der Waals surface area contributed by atoms with E-state index in [-0.39, 0.29) is 0 Å². The molecule has 0 spiro atoms. The van der Waals surface area contributed by atoms with Gasteiger partial charge in [-0.2, -0.15) is 0 Å². The van der Waals surface area contributed by atoms with Crippen molar-refractivity contribution in [1.82, 2.24) is 9.55 Å². The number of aromatic nitrogens is 2. The average molecular weight is 240 g/mol. The molecule has 1 aromatic heterocycles. The van der Waals surface area contributed by atoms with Crippen molar-refractivity contribution in [3.8, 4) is 5.69 Å². The second kappa shape index (κ2) is 3.15. The van der Waals surface area contributed by atoms with E-state index in [4.69, 9.17) is 23.2 Å². The summed E-state index contributed by atoms with van der Waals surface area (Å²) >= 11 is 12.1. The number of hydrogen-bond acceptors (Lipinski definition) is 2. The minimum absolute atomic E-state index is 0.629. The fourth-order valence-electron chi connectivity index (χ4n) is 1.79. The molecule has 2 heterocycles. The summed E-state index contributed by atoms with van der Waals surface area (Å²) < 4.78 is 1.98. The van der Waals surface area contributed by atoms with Crippen LogP contribution in [0.15, 0.2) is 24.7 Å². The molecule has 3 nitrogen and oxygen atoms in total. The average Bonchev–Trinajstić information content (AvgIpc) is 2.63. The number of benzene rings is 1. The Labute approximate surface area is 96.6 Å². The number of nitrogens with zero attached hydrogens (tertiary/aromatic N) is 2. The van der Waals surface area contributed by atoms with E-state index in [1.165, 1.54) is 0 Å². The Morgan fingerprint density at radius 3 is 3.07 bits per heavy atom. The van der Waals surface area contributed by atoms with Gasteiger partial charge < -0.3 is 5.32 Å². The van der Waals surface area contributed by atoms with Gasteiger partial charge in [-0.25, -0.2) is 4.98 Å². The van der Waals surface area contributed by atoms with Crippen LogP contribution >= 0.6 is 23.2 Å².